The third kappa shape index (κ3) is 3.75. The topological polar surface area (TPSA) is 63.6 Å². The van der Waals surface area contributed by atoms with Gasteiger partial charge in [-0.05, 0) is 25.5 Å². The van der Waals surface area contributed by atoms with E-state index in [1.165, 1.54) is 6.08 Å². The van der Waals surface area contributed by atoms with E-state index >= 15 is 0 Å². The molecule has 1 aromatic carbocycles. The zero-order valence-corrected chi connectivity index (χ0v) is 9.77. The van der Waals surface area contributed by atoms with E-state index in [0.29, 0.717) is 5.56 Å². The molecule has 4 nitrogen and oxygen atoms in total. The van der Waals surface area contributed by atoms with Crippen molar-refractivity contribution in [1.29, 1.82) is 0 Å². The summed E-state index contributed by atoms with van der Waals surface area (Å²) in [4.78, 5) is 22.3. The minimum atomic E-state index is -1.29. The SMILES string of the molecule is CCOC(=O)/C(=C/c1ccc(C)cc1)C(=O)O. The van der Waals surface area contributed by atoms with Gasteiger partial charge in [-0.2, -0.15) is 0 Å². The molecule has 17 heavy (non-hydrogen) atoms. The number of carbonyl (C=O) groups is 2. The van der Waals surface area contributed by atoms with Gasteiger partial charge < -0.3 is 9.84 Å². The summed E-state index contributed by atoms with van der Waals surface area (Å²) in [6.45, 7) is 3.71. The predicted octanol–water partition coefficient (Wildman–Crippen LogP) is 2.03. The molecule has 0 spiro atoms. The summed E-state index contributed by atoms with van der Waals surface area (Å²) in [5.41, 5.74) is 1.35. The van der Waals surface area contributed by atoms with Crippen LogP contribution >= 0.6 is 0 Å². The van der Waals surface area contributed by atoms with Crippen LogP contribution in [0.3, 0.4) is 0 Å². The zero-order chi connectivity index (χ0) is 12.8. The lowest BCUT2D eigenvalue weighted by molar-refractivity contribution is -0.143. The number of aryl methyl sites for hydroxylation is 1. The first-order chi connectivity index (χ1) is 8.04. The molecule has 1 rings (SSSR count). The van der Waals surface area contributed by atoms with Gasteiger partial charge in [-0.1, -0.05) is 29.8 Å². The Morgan fingerprint density at radius 2 is 1.88 bits per heavy atom. The van der Waals surface area contributed by atoms with Gasteiger partial charge in [0.1, 0.15) is 5.57 Å². The number of hydrogen-bond donors (Lipinski definition) is 1. The van der Waals surface area contributed by atoms with Crippen LogP contribution in [0.1, 0.15) is 18.1 Å². The molecule has 1 aromatic rings. The molecule has 0 amide bonds. The van der Waals surface area contributed by atoms with Gasteiger partial charge >= 0.3 is 11.9 Å². The third-order valence-electron chi connectivity index (χ3n) is 2.11. The van der Waals surface area contributed by atoms with Crippen LogP contribution in [0.15, 0.2) is 29.8 Å². The van der Waals surface area contributed by atoms with Gasteiger partial charge in [-0.15, -0.1) is 0 Å². The molecule has 0 aliphatic carbocycles. The molecule has 0 saturated heterocycles. The Morgan fingerprint density at radius 1 is 1.29 bits per heavy atom. The zero-order valence-electron chi connectivity index (χ0n) is 9.77. The van der Waals surface area contributed by atoms with E-state index in [9.17, 15) is 9.59 Å². The van der Waals surface area contributed by atoms with Crippen molar-refractivity contribution in [3.63, 3.8) is 0 Å². The second-order valence-corrected chi connectivity index (χ2v) is 3.49. The Hall–Kier alpha value is -2.10. The van der Waals surface area contributed by atoms with Crippen LogP contribution in [-0.2, 0) is 14.3 Å². The summed E-state index contributed by atoms with van der Waals surface area (Å²) in [7, 11) is 0. The van der Waals surface area contributed by atoms with E-state index in [4.69, 9.17) is 5.11 Å². The second kappa shape index (κ2) is 5.84. The molecule has 0 radical (unpaired) electrons. The highest BCUT2D eigenvalue weighted by Crippen LogP contribution is 2.10. The van der Waals surface area contributed by atoms with Crippen molar-refractivity contribution < 1.29 is 19.4 Å². The summed E-state index contributed by atoms with van der Waals surface area (Å²) in [6.07, 6.45) is 1.31. The average molecular weight is 234 g/mol. The number of carboxylic acids is 1. The van der Waals surface area contributed by atoms with Crippen LogP contribution in [0.4, 0.5) is 0 Å². The number of esters is 1. The lowest BCUT2D eigenvalue weighted by atomic mass is 10.1. The van der Waals surface area contributed by atoms with Crippen LogP contribution in [-0.4, -0.2) is 23.7 Å². The number of rotatable bonds is 4. The van der Waals surface area contributed by atoms with Crippen molar-refractivity contribution in [2.24, 2.45) is 0 Å². The van der Waals surface area contributed by atoms with Gasteiger partial charge in [0.25, 0.3) is 0 Å². The van der Waals surface area contributed by atoms with Crippen LogP contribution < -0.4 is 0 Å². The molecule has 1 N–H and O–H groups in total. The van der Waals surface area contributed by atoms with Gasteiger partial charge in [-0.25, -0.2) is 9.59 Å². The quantitative estimate of drug-likeness (QED) is 0.374. The first kappa shape index (κ1) is 13.0. The lowest BCUT2D eigenvalue weighted by Crippen LogP contribution is -2.15. The third-order valence-corrected chi connectivity index (χ3v) is 2.11. The summed E-state index contributed by atoms with van der Waals surface area (Å²) >= 11 is 0. The Balaban J connectivity index is 3.02. The summed E-state index contributed by atoms with van der Waals surface area (Å²) in [5, 5.41) is 8.92. The molecule has 0 aromatic heterocycles. The van der Waals surface area contributed by atoms with Gasteiger partial charge in [0.15, 0.2) is 0 Å². The van der Waals surface area contributed by atoms with Crippen molar-refractivity contribution in [3.05, 3.63) is 41.0 Å². The van der Waals surface area contributed by atoms with Gasteiger partial charge in [0, 0.05) is 0 Å². The number of carbonyl (C=O) groups excluding carboxylic acids is 1. The molecule has 0 bridgehead atoms. The summed E-state index contributed by atoms with van der Waals surface area (Å²) in [5.74, 6) is -2.11. The molecule has 0 atom stereocenters. The van der Waals surface area contributed by atoms with E-state index in [2.05, 4.69) is 4.74 Å². The fraction of sp³-hybridized carbons (Fsp3) is 0.231. The predicted molar refractivity (Wildman–Crippen MR) is 63.4 cm³/mol. The van der Waals surface area contributed by atoms with Gasteiger partial charge in [0.05, 0.1) is 6.61 Å². The molecule has 0 saturated carbocycles. The number of aliphatic carboxylic acids is 1. The molecule has 90 valence electrons. The molecule has 4 heteroatoms. The Bertz CT molecular complexity index is 443. The highest BCUT2D eigenvalue weighted by atomic mass is 16.5. The van der Waals surface area contributed by atoms with Crippen LogP contribution in [0.25, 0.3) is 6.08 Å². The second-order valence-electron chi connectivity index (χ2n) is 3.49. The van der Waals surface area contributed by atoms with Crippen LogP contribution in [0, 0.1) is 6.92 Å². The Kier molecular flexibility index (Phi) is 4.46. The number of benzene rings is 1. The maximum atomic E-state index is 11.4. The molecule has 0 fully saturated rings. The first-order valence-electron chi connectivity index (χ1n) is 5.23. The maximum Gasteiger partial charge on any atom is 0.345 e. The molecule has 0 unspecified atom stereocenters. The lowest BCUT2D eigenvalue weighted by Gasteiger charge is -2.02. The highest BCUT2D eigenvalue weighted by molar-refractivity contribution is 6.16. The fourth-order valence-electron chi connectivity index (χ4n) is 1.25. The molecular formula is C13H14O4. The number of ether oxygens (including phenoxy) is 1. The van der Waals surface area contributed by atoms with E-state index < -0.39 is 11.9 Å². The Labute approximate surface area is 99.5 Å². The summed E-state index contributed by atoms with van der Waals surface area (Å²) in [6, 6.07) is 7.18. The normalized spacial score (nSPS) is 11.1. The van der Waals surface area contributed by atoms with E-state index in [1.54, 1.807) is 19.1 Å². The van der Waals surface area contributed by atoms with Crippen LogP contribution in [0.2, 0.25) is 0 Å². The van der Waals surface area contributed by atoms with Gasteiger partial charge in [-0.3, -0.25) is 0 Å². The van der Waals surface area contributed by atoms with Crippen molar-refractivity contribution in [2.45, 2.75) is 13.8 Å². The largest absolute Gasteiger partial charge is 0.477 e. The van der Waals surface area contributed by atoms with Crippen LogP contribution in [0.5, 0.6) is 0 Å². The maximum absolute atomic E-state index is 11.4. The minimum Gasteiger partial charge on any atom is -0.477 e. The first-order valence-corrected chi connectivity index (χ1v) is 5.23. The smallest absolute Gasteiger partial charge is 0.345 e. The van der Waals surface area contributed by atoms with E-state index in [-0.39, 0.29) is 12.2 Å². The fourth-order valence-corrected chi connectivity index (χ4v) is 1.25. The van der Waals surface area contributed by atoms with Crippen molar-refractivity contribution >= 4 is 18.0 Å². The molecule has 0 aliphatic rings. The molecular weight excluding hydrogens is 220 g/mol. The van der Waals surface area contributed by atoms with Gasteiger partial charge in [0.2, 0.25) is 0 Å². The standard InChI is InChI=1S/C13H14O4/c1-3-17-13(16)11(12(14)15)8-10-6-4-9(2)5-7-10/h4-8H,3H2,1-2H3,(H,14,15)/b11-8+. The summed E-state index contributed by atoms with van der Waals surface area (Å²) < 4.78 is 4.67. The van der Waals surface area contributed by atoms with E-state index in [1.807, 2.05) is 19.1 Å². The van der Waals surface area contributed by atoms with Crippen molar-refractivity contribution in [1.82, 2.24) is 0 Å². The Morgan fingerprint density at radius 3 is 2.35 bits per heavy atom. The van der Waals surface area contributed by atoms with Crippen molar-refractivity contribution in [3.8, 4) is 0 Å². The minimum absolute atomic E-state index is 0.150. The number of hydrogen-bond acceptors (Lipinski definition) is 3. The monoisotopic (exact) mass is 234 g/mol. The molecule has 0 aliphatic heterocycles. The van der Waals surface area contributed by atoms with Crippen molar-refractivity contribution in [2.75, 3.05) is 6.61 Å². The average Bonchev–Trinajstić information content (AvgIpc) is 2.28. The molecule has 0 heterocycles. The number of carboxylic acid groups (broad SMARTS) is 1. The van der Waals surface area contributed by atoms with E-state index in [0.717, 1.165) is 5.56 Å². The highest BCUT2D eigenvalue weighted by Gasteiger charge is 2.18.